The molecule has 11 rings (SSSR count). The molecule has 11 aromatic rings. The van der Waals surface area contributed by atoms with Crippen LogP contribution in [0.25, 0.3) is 84.8 Å². The molecule has 9 aromatic carbocycles. The van der Waals surface area contributed by atoms with E-state index in [1.54, 1.807) is 11.3 Å². The zero-order valence-electron chi connectivity index (χ0n) is 29.7. The van der Waals surface area contributed by atoms with Crippen LogP contribution in [-0.4, -0.2) is 4.98 Å². The predicted octanol–water partition coefficient (Wildman–Crippen LogP) is 15.4. The molecule has 0 N–H and O–H groups in total. The Bertz CT molecular complexity index is 3180. The average molecular weight is 737 g/mol. The van der Waals surface area contributed by atoms with E-state index in [4.69, 9.17) is 4.98 Å². The Balaban J connectivity index is 1.13. The molecule has 258 valence electrons. The minimum atomic E-state index is 1.01. The van der Waals surface area contributed by atoms with Crippen molar-refractivity contribution in [2.45, 2.75) is 0 Å². The largest absolute Gasteiger partial charge is 0.307 e. The van der Waals surface area contributed by atoms with Crippen molar-refractivity contribution in [1.82, 2.24) is 4.98 Å². The number of anilines is 3. The Labute approximate surface area is 326 Å². The number of benzene rings is 9. The molecule has 0 aliphatic carbocycles. The van der Waals surface area contributed by atoms with Crippen molar-refractivity contribution in [2.75, 3.05) is 4.90 Å². The number of hydrogen-bond donors (Lipinski definition) is 0. The van der Waals surface area contributed by atoms with Crippen LogP contribution >= 0.6 is 22.7 Å². The third-order valence-corrected chi connectivity index (χ3v) is 12.9. The van der Waals surface area contributed by atoms with E-state index in [1.165, 1.54) is 68.7 Å². The Hall–Kier alpha value is -6.59. The second kappa shape index (κ2) is 13.1. The summed E-state index contributed by atoms with van der Waals surface area (Å²) in [5, 5.41) is 8.63. The summed E-state index contributed by atoms with van der Waals surface area (Å²) in [6, 6.07) is 70.3. The van der Waals surface area contributed by atoms with Crippen molar-refractivity contribution in [1.29, 1.82) is 0 Å². The molecule has 4 heteroatoms. The Morgan fingerprint density at radius 3 is 1.64 bits per heavy atom. The van der Waals surface area contributed by atoms with Crippen molar-refractivity contribution >= 4 is 91.7 Å². The molecule has 2 nitrogen and oxygen atoms in total. The van der Waals surface area contributed by atoms with Crippen LogP contribution in [0.5, 0.6) is 0 Å². The number of thiazole rings is 1. The first-order chi connectivity index (χ1) is 27.2. The van der Waals surface area contributed by atoms with E-state index < -0.39 is 0 Å². The average Bonchev–Trinajstić information content (AvgIpc) is 3.86. The smallest absolute Gasteiger partial charge is 0.124 e. The monoisotopic (exact) mass is 736 g/mol. The zero-order valence-corrected chi connectivity index (χ0v) is 31.3. The van der Waals surface area contributed by atoms with Gasteiger partial charge in [0.25, 0.3) is 0 Å². The van der Waals surface area contributed by atoms with Crippen LogP contribution in [0.3, 0.4) is 0 Å². The van der Waals surface area contributed by atoms with Gasteiger partial charge in [0.05, 0.1) is 15.1 Å². The van der Waals surface area contributed by atoms with E-state index in [0.717, 1.165) is 33.1 Å². The molecule has 0 unspecified atom stereocenters. The highest BCUT2D eigenvalue weighted by atomic mass is 32.1. The van der Waals surface area contributed by atoms with Crippen molar-refractivity contribution in [3.8, 4) is 32.8 Å². The lowest BCUT2D eigenvalue weighted by atomic mass is 9.97. The summed E-state index contributed by atoms with van der Waals surface area (Å²) in [7, 11) is 0. The molecule has 0 saturated heterocycles. The fourth-order valence-electron chi connectivity index (χ4n) is 7.96. The van der Waals surface area contributed by atoms with Gasteiger partial charge < -0.3 is 4.90 Å². The summed E-state index contributed by atoms with van der Waals surface area (Å²) < 4.78 is 3.69. The lowest BCUT2D eigenvalue weighted by Crippen LogP contribution is -2.11. The summed E-state index contributed by atoms with van der Waals surface area (Å²) in [4.78, 5) is 7.87. The van der Waals surface area contributed by atoms with Crippen LogP contribution in [0, 0.1) is 0 Å². The molecule has 2 aromatic heterocycles. The number of fused-ring (bicyclic) bond motifs is 7. The van der Waals surface area contributed by atoms with E-state index in [0.29, 0.717) is 0 Å². The molecule has 55 heavy (non-hydrogen) atoms. The SMILES string of the molecule is c1ccc(-c2ccc(N(c3ccc(-c4ccc5ccc6ccccc6c5c4)cc3)c3c4nc(-c5ccccc5)sc4cc4c3sc3ccccc34)cc2)cc1. The predicted molar refractivity (Wildman–Crippen MR) is 239 cm³/mol. The van der Waals surface area contributed by atoms with E-state index >= 15 is 0 Å². The van der Waals surface area contributed by atoms with Gasteiger partial charge in [-0.3, -0.25) is 0 Å². The number of rotatable bonds is 6. The topological polar surface area (TPSA) is 16.1 Å². The maximum Gasteiger partial charge on any atom is 0.124 e. The molecule has 0 fully saturated rings. The van der Waals surface area contributed by atoms with Crippen molar-refractivity contribution < 1.29 is 0 Å². The first-order valence-electron chi connectivity index (χ1n) is 18.5. The van der Waals surface area contributed by atoms with Crippen molar-refractivity contribution in [2.24, 2.45) is 0 Å². The Morgan fingerprint density at radius 2 is 0.909 bits per heavy atom. The lowest BCUT2D eigenvalue weighted by molar-refractivity contribution is 1.30. The maximum atomic E-state index is 5.44. The highest BCUT2D eigenvalue weighted by Crippen LogP contribution is 2.50. The van der Waals surface area contributed by atoms with E-state index in [1.807, 2.05) is 11.3 Å². The molecule has 0 bridgehead atoms. The molecule has 0 aliphatic rings. The van der Waals surface area contributed by atoms with Crippen molar-refractivity contribution in [3.63, 3.8) is 0 Å². The van der Waals surface area contributed by atoms with E-state index in [2.05, 4.69) is 199 Å². The van der Waals surface area contributed by atoms with Crippen LogP contribution in [0.2, 0.25) is 0 Å². The van der Waals surface area contributed by atoms with Crippen LogP contribution in [0.1, 0.15) is 0 Å². The first-order valence-corrected chi connectivity index (χ1v) is 20.2. The van der Waals surface area contributed by atoms with Gasteiger partial charge in [0.15, 0.2) is 0 Å². The minimum Gasteiger partial charge on any atom is -0.307 e. The highest BCUT2D eigenvalue weighted by Gasteiger charge is 2.24. The van der Waals surface area contributed by atoms with E-state index in [9.17, 15) is 0 Å². The second-order valence-electron chi connectivity index (χ2n) is 13.9. The molecule has 0 atom stereocenters. The summed E-state index contributed by atoms with van der Waals surface area (Å²) in [6.45, 7) is 0. The van der Waals surface area contributed by atoms with Gasteiger partial charge in [0, 0.05) is 32.4 Å². The maximum absolute atomic E-state index is 5.44. The van der Waals surface area contributed by atoms with Gasteiger partial charge in [-0.15, -0.1) is 22.7 Å². The minimum absolute atomic E-state index is 1.01. The molecule has 2 heterocycles. The van der Waals surface area contributed by atoms with Gasteiger partial charge in [0.2, 0.25) is 0 Å². The molecular weight excluding hydrogens is 705 g/mol. The summed E-state index contributed by atoms with van der Waals surface area (Å²) in [5.41, 5.74) is 10.2. The van der Waals surface area contributed by atoms with Crippen LogP contribution < -0.4 is 4.90 Å². The van der Waals surface area contributed by atoms with Gasteiger partial charge in [-0.2, -0.15) is 0 Å². The van der Waals surface area contributed by atoms with Crippen LogP contribution in [0.4, 0.5) is 17.1 Å². The number of nitrogens with zero attached hydrogens (tertiary/aromatic N) is 2. The first kappa shape index (κ1) is 31.9. The molecule has 0 spiro atoms. The Morgan fingerprint density at radius 1 is 0.364 bits per heavy atom. The molecular formula is C51H32N2S2. The van der Waals surface area contributed by atoms with Gasteiger partial charge in [-0.25, -0.2) is 4.98 Å². The van der Waals surface area contributed by atoms with Crippen LogP contribution in [0.15, 0.2) is 194 Å². The fourth-order valence-corrected chi connectivity index (χ4v) is 10.2. The summed E-state index contributed by atoms with van der Waals surface area (Å²) in [6.07, 6.45) is 0. The summed E-state index contributed by atoms with van der Waals surface area (Å²) in [5.74, 6) is 0. The lowest BCUT2D eigenvalue weighted by Gasteiger charge is -2.27. The zero-order chi connectivity index (χ0) is 36.3. The molecule has 0 amide bonds. The van der Waals surface area contributed by atoms with Gasteiger partial charge in [-0.1, -0.05) is 152 Å². The Kier molecular flexibility index (Phi) is 7.58. The standard InChI is InChI=1S/C51H32N2S2/c1-3-11-33(12-4-1)34-23-27-40(28-24-34)53(41-29-25-35(26-30-41)39-22-21-37-20-19-36-13-7-8-16-42(36)44(37)31-39)49-48-47(55-51(52-48)38-14-5-2-6-15-38)32-45-43-17-9-10-18-46(43)54-50(45)49/h1-32H. The van der Waals surface area contributed by atoms with Crippen LogP contribution in [-0.2, 0) is 0 Å². The number of hydrogen-bond acceptors (Lipinski definition) is 4. The summed E-state index contributed by atoms with van der Waals surface area (Å²) >= 11 is 3.62. The molecule has 0 saturated carbocycles. The second-order valence-corrected chi connectivity index (χ2v) is 16.0. The third kappa shape index (κ3) is 5.49. The molecule has 0 radical (unpaired) electrons. The molecule has 0 aliphatic heterocycles. The van der Waals surface area contributed by atoms with Gasteiger partial charge in [0.1, 0.15) is 10.5 Å². The van der Waals surface area contributed by atoms with E-state index in [-0.39, 0.29) is 0 Å². The van der Waals surface area contributed by atoms with Crippen molar-refractivity contribution in [3.05, 3.63) is 194 Å². The fraction of sp³-hybridized carbons (Fsp3) is 0. The highest BCUT2D eigenvalue weighted by molar-refractivity contribution is 7.27. The number of thiophene rings is 1. The van der Waals surface area contributed by atoms with Gasteiger partial charge in [-0.05, 0) is 86.3 Å². The van der Waals surface area contributed by atoms with Gasteiger partial charge >= 0.3 is 0 Å². The third-order valence-electron chi connectivity index (χ3n) is 10.7. The normalized spacial score (nSPS) is 11.6. The number of aromatic nitrogens is 1. The quantitative estimate of drug-likeness (QED) is 0.158.